The number of hydrogen-bond acceptors (Lipinski definition) is 0. The van der Waals surface area contributed by atoms with E-state index >= 15 is 0 Å². The van der Waals surface area contributed by atoms with Gasteiger partial charge in [-0.25, -0.2) is 4.39 Å². The minimum atomic E-state index is -0.134. The highest BCUT2D eigenvalue weighted by Crippen LogP contribution is 2.36. The molecular formula is C26H25F. The van der Waals surface area contributed by atoms with Crippen LogP contribution in [-0.2, 0) is 0 Å². The Balaban J connectivity index is 1.52. The molecule has 1 heteroatoms. The molecule has 0 heterocycles. The molecule has 0 fully saturated rings. The Morgan fingerprint density at radius 1 is 0.667 bits per heavy atom. The zero-order valence-corrected chi connectivity index (χ0v) is 16.0. The SMILES string of the molecule is Cc1ccc(-c2ccc(C3C=CC(c4ccc(C)cc4)CC3)cc2F)cc1. The smallest absolute Gasteiger partial charge is 0.131 e. The summed E-state index contributed by atoms with van der Waals surface area (Å²) in [6.45, 7) is 4.16. The number of halogens is 1. The number of hydrogen-bond donors (Lipinski definition) is 0. The molecule has 2 unspecified atom stereocenters. The Morgan fingerprint density at radius 3 is 1.74 bits per heavy atom. The molecule has 0 bridgehead atoms. The summed E-state index contributed by atoms with van der Waals surface area (Å²) in [6, 6.07) is 22.5. The lowest BCUT2D eigenvalue weighted by molar-refractivity contribution is 0.591. The molecule has 136 valence electrons. The van der Waals surface area contributed by atoms with Crippen molar-refractivity contribution in [1.82, 2.24) is 0 Å². The highest BCUT2D eigenvalue weighted by molar-refractivity contribution is 5.65. The van der Waals surface area contributed by atoms with Gasteiger partial charge in [-0.15, -0.1) is 0 Å². The van der Waals surface area contributed by atoms with Crippen LogP contribution >= 0.6 is 0 Å². The van der Waals surface area contributed by atoms with Gasteiger partial charge in [0.05, 0.1) is 0 Å². The fraction of sp³-hybridized carbons (Fsp3) is 0.231. The van der Waals surface area contributed by atoms with Crippen LogP contribution in [0.5, 0.6) is 0 Å². The second kappa shape index (κ2) is 7.52. The van der Waals surface area contributed by atoms with Gasteiger partial charge in [0.15, 0.2) is 0 Å². The molecule has 3 aromatic rings. The molecule has 4 rings (SSSR count). The van der Waals surface area contributed by atoms with Gasteiger partial charge < -0.3 is 0 Å². The van der Waals surface area contributed by atoms with Gasteiger partial charge in [-0.2, -0.15) is 0 Å². The van der Waals surface area contributed by atoms with Crippen molar-refractivity contribution in [3.63, 3.8) is 0 Å². The topological polar surface area (TPSA) is 0 Å². The van der Waals surface area contributed by atoms with E-state index in [0.29, 0.717) is 17.4 Å². The minimum Gasteiger partial charge on any atom is -0.206 e. The first kappa shape index (κ1) is 17.7. The maximum Gasteiger partial charge on any atom is 0.131 e. The Hall–Kier alpha value is -2.67. The van der Waals surface area contributed by atoms with Crippen LogP contribution in [0.4, 0.5) is 4.39 Å². The van der Waals surface area contributed by atoms with E-state index in [1.165, 1.54) is 16.7 Å². The third kappa shape index (κ3) is 3.88. The van der Waals surface area contributed by atoms with Crippen LogP contribution in [0.1, 0.15) is 46.9 Å². The number of benzene rings is 3. The maximum atomic E-state index is 14.7. The molecule has 0 aromatic heterocycles. The summed E-state index contributed by atoms with van der Waals surface area (Å²) >= 11 is 0. The summed E-state index contributed by atoms with van der Waals surface area (Å²) in [6.07, 6.45) is 6.71. The van der Waals surface area contributed by atoms with Gasteiger partial charge in [-0.3, -0.25) is 0 Å². The lowest BCUT2D eigenvalue weighted by Gasteiger charge is -2.24. The van der Waals surface area contributed by atoms with Crippen molar-refractivity contribution in [3.05, 3.63) is 107 Å². The van der Waals surface area contributed by atoms with E-state index < -0.39 is 0 Å². The van der Waals surface area contributed by atoms with Gasteiger partial charge in [0, 0.05) is 17.4 Å². The van der Waals surface area contributed by atoms with Crippen LogP contribution in [0, 0.1) is 19.7 Å². The number of aryl methyl sites for hydroxylation is 2. The van der Waals surface area contributed by atoms with E-state index in [2.05, 4.69) is 49.4 Å². The molecule has 0 radical (unpaired) electrons. The van der Waals surface area contributed by atoms with Crippen molar-refractivity contribution in [2.24, 2.45) is 0 Å². The molecule has 0 spiro atoms. The van der Waals surface area contributed by atoms with E-state index in [0.717, 1.165) is 24.0 Å². The predicted molar refractivity (Wildman–Crippen MR) is 112 cm³/mol. The molecule has 1 aliphatic rings. The molecular weight excluding hydrogens is 331 g/mol. The lowest BCUT2D eigenvalue weighted by atomic mass is 9.81. The van der Waals surface area contributed by atoms with E-state index in [-0.39, 0.29) is 5.82 Å². The summed E-state index contributed by atoms with van der Waals surface area (Å²) in [5.74, 6) is 0.636. The van der Waals surface area contributed by atoms with Crippen molar-refractivity contribution in [2.75, 3.05) is 0 Å². The largest absolute Gasteiger partial charge is 0.206 e. The Kier molecular flexibility index (Phi) is 4.94. The quantitative estimate of drug-likeness (QED) is 0.431. The molecule has 0 saturated carbocycles. The second-order valence-corrected chi connectivity index (χ2v) is 7.69. The minimum absolute atomic E-state index is 0.134. The predicted octanol–water partition coefficient (Wildman–Crippen LogP) is 7.33. The molecule has 0 aliphatic heterocycles. The van der Waals surface area contributed by atoms with Crippen molar-refractivity contribution in [3.8, 4) is 11.1 Å². The maximum absolute atomic E-state index is 14.7. The van der Waals surface area contributed by atoms with Crippen LogP contribution in [0.25, 0.3) is 11.1 Å². The zero-order valence-electron chi connectivity index (χ0n) is 16.0. The third-order valence-electron chi connectivity index (χ3n) is 5.65. The van der Waals surface area contributed by atoms with Crippen molar-refractivity contribution in [2.45, 2.75) is 38.5 Å². The molecule has 0 amide bonds. The second-order valence-electron chi connectivity index (χ2n) is 7.69. The van der Waals surface area contributed by atoms with Gasteiger partial charge in [0.2, 0.25) is 0 Å². The van der Waals surface area contributed by atoms with E-state index in [9.17, 15) is 4.39 Å². The van der Waals surface area contributed by atoms with E-state index in [1.807, 2.05) is 37.3 Å². The number of rotatable bonds is 3. The normalized spacial score (nSPS) is 19.2. The van der Waals surface area contributed by atoms with E-state index in [4.69, 9.17) is 0 Å². The average molecular weight is 356 g/mol. The molecule has 2 atom stereocenters. The highest BCUT2D eigenvalue weighted by atomic mass is 19.1. The summed E-state index contributed by atoms with van der Waals surface area (Å²) in [5.41, 5.74) is 6.53. The van der Waals surface area contributed by atoms with Crippen LogP contribution in [-0.4, -0.2) is 0 Å². The van der Waals surface area contributed by atoms with Gasteiger partial charge in [0.25, 0.3) is 0 Å². The van der Waals surface area contributed by atoms with Crippen LogP contribution in [0.3, 0.4) is 0 Å². The van der Waals surface area contributed by atoms with E-state index in [1.54, 1.807) is 6.07 Å². The average Bonchev–Trinajstić information content (AvgIpc) is 2.69. The fourth-order valence-corrected chi connectivity index (χ4v) is 3.92. The first-order valence-corrected chi connectivity index (χ1v) is 9.71. The Morgan fingerprint density at radius 2 is 1.19 bits per heavy atom. The molecule has 3 aromatic carbocycles. The van der Waals surface area contributed by atoms with Crippen molar-refractivity contribution >= 4 is 0 Å². The van der Waals surface area contributed by atoms with Gasteiger partial charge in [-0.1, -0.05) is 83.9 Å². The first-order valence-electron chi connectivity index (χ1n) is 9.71. The number of allylic oxidation sites excluding steroid dienone is 2. The third-order valence-corrected chi connectivity index (χ3v) is 5.65. The van der Waals surface area contributed by atoms with Crippen LogP contribution < -0.4 is 0 Å². The van der Waals surface area contributed by atoms with Gasteiger partial charge in [0.1, 0.15) is 5.82 Å². The van der Waals surface area contributed by atoms with Crippen molar-refractivity contribution in [1.29, 1.82) is 0 Å². The summed E-state index contributed by atoms with van der Waals surface area (Å²) in [4.78, 5) is 0. The first-order chi connectivity index (χ1) is 13.1. The summed E-state index contributed by atoms with van der Waals surface area (Å²) < 4.78 is 14.7. The van der Waals surface area contributed by atoms with Gasteiger partial charge in [-0.05, 0) is 49.4 Å². The lowest BCUT2D eigenvalue weighted by Crippen LogP contribution is -2.07. The standard InChI is InChI=1S/C26H25F/c1-18-3-7-20(8-4-18)21-11-13-22(14-12-21)24-15-16-25(26(27)17-24)23-9-5-19(2)6-10-23/h3-11,13,15-17,21-22H,12,14H2,1-2H3. The summed E-state index contributed by atoms with van der Waals surface area (Å²) in [7, 11) is 0. The Bertz CT molecular complexity index is 949. The molecule has 0 saturated heterocycles. The summed E-state index contributed by atoms with van der Waals surface area (Å²) in [5, 5.41) is 0. The molecule has 0 N–H and O–H groups in total. The molecule has 27 heavy (non-hydrogen) atoms. The highest BCUT2D eigenvalue weighted by Gasteiger charge is 2.19. The Labute approximate surface area is 161 Å². The zero-order chi connectivity index (χ0) is 18.8. The van der Waals surface area contributed by atoms with Gasteiger partial charge >= 0.3 is 0 Å². The van der Waals surface area contributed by atoms with Crippen LogP contribution in [0.15, 0.2) is 78.9 Å². The molecule has 0 nitrogen and oxygen atoms in total. The fourth-order valence-electron chi connectivity index (χ4n) is 3.92. The van der Waals surface area contributed by atoms with Crippen LogP contribution in [0.2, 0.25) is 0 Å². The monoisotopic (exact) mass is 356 g/mol. The van der Waals surface area contributed by atoms with Crippen molar-refractivity contribution < 1.29 is 4.39 Å². The molecule has 1 aliphatic carbocycles.